The molecular formula is C24H31FN4O3Si. The van der Waals surface area contributed by atoms with Crippen LogP contribution in [0, 0.1) is 5.82 Å². The summed E-state index contributed by atoms with van der Waals surface area (Å²) < 4.78 is 27.4. The number of methoxy groups -OCH3 is 1. The van der Waals surface area contributed by atoms with Gasteiger partial charge < -0.3 is 14.8 Å². The maximum Gasteiger partial charge on any atom is 0.272 e. The van der Waals surface area contributed by atoms with Gasteiger partial charge in [0.1, 0.15) is 6.73 Å². The summed E-state index contributed by atoms with van der Waals surface area (Å²) in [6.07, 6.45) is 3.76. The fraction of sp³-hybridized carbons (Fsp3) is 0.458. The highest BCUT2D eigenvalue weighted by Gasteiger charge is 2.29. The molecule has 0 saturated heterocycles. The van der Waals surface area contributed by atoms with Crippen molar-refractivity contribution in [3.05, 3.63) is 41.5 Å². The van der Waals surface area contributed by atoms with Crippen LogP contribution in [0.25, 0.3) is 22.2 Å². The van der Waals surface area contributed by atoms with E-state index in [2.05, 4.69) is 35.0 Å². The van der Waals surface area contributed by atoms with E-state index in [9.17, 15) is 9.18 Å². The van der Waals surface area contributed by atoms with Gasteiger partial charge in [-0.1, -0.05) is 19.6 Å². The number of nitrogens with zero attached hydrogens (tertiary/aromatic N) is 3. The van der Waals surface area contributed by atoms with Crippen molar-refractivity contribution >= 4 is 24.9 Å². The zero-order valence-electron chi connectivity index (χ0n) is 19.9. The smallest absolute Gasteiger partial charge is 0.272 e. The Kier molecular flexibility index (Phi) is 6.53. The first-order chi connectivity index (χ1) is 15.7. The molecule has 2 aromatic heterocycles. The van der Waals surface area contributed by atoms with Gasteiger partial charge >= 0.3 is 0 Å². The van der Waals surface area contributed by atoms with Gasteiger partial charge in [0, 0.05) is 33.5 Å². The summed E-state index contributed by atoms with van der Waals surface area (Å²) in [5, 5.41) is 7.77. The Morgan fingerprint density at radius 1 is 1.27 bits per heavy atom. The molecule has 9 heteroatoms. The average Bonchev–Trinajstić information content (AvgIpc) is 3.56. The molecule has 1 N–H and O–H groups in total. The third-order valence-corrected chi connectivity index (χ3v) is 7.61. The van der Waals surface area contributed by atoms with E-state index in [1.807, 2.05) is 6.07 Å². The Morgan fingerprint density at radius 2 is 2.03 bits per heavy atom. The molecule has 1 fully saturated rings. The summed E-state index contributed by atoms with van der Waals surface area (Å²) >= 11 is 0. The van der Waals surface area contributed by atoms with Crippen molar-refractivity contribution in [3.63, 3.8) is 0 Å². The van der Waals surface area contributed by atoms with E-state index >= 15 is 0 Å². The van der Waals surface area contributed by atoms with E-state index in [0.717, 1.165) is 35.5 Å². The standard InChI is InChI=1S/C24H31FN4O3Si/c1-26-24(30)23-18-13-27-20(12-21(18)29(28-23)14-32-8-9-33(3,4)5)17-10-19(25)22(31-2)11-16(17)15-6-7-15/h10-13,15H,6-9,14H2,1-5H3,(H,26,30). The Hall–Kier alpha value is -2.78. The van der Waals surface area contributed by atoms with Crippen molar-refractivity contribution < 1.29 is 18.7 Å². The molecule has 1 aliphatic rings. The van der Waals surface area contributed by atoms with Gasteiger partial charge in [-0.3, -0.25) is 9.78 Å². The fourth-order valence-electron chi connectivity index (χ4n) is 3.81. The van der Waals surface area contributed by atoms with Crippen molar-refractivity contribution in [2.75, 3.05) is 20.8 Å². The van der Waals surface area contributed by atoms with Crippen LogP contribution in [0.3, 0.4) is 0 Å². The Bertz CT molecular complexity index is 1180. The van der Waals surface area contributed by atoms with Gasteiger partial charge in [-0.15, -0.1) is 0 Å². The molecule has 0 bridgehead atoms. The molecule has 4 rings (SSSR count). The predicted octanol–water partition coefficient (Wildman–Crippen LogP) is 4.80. The third kappa shape index (κ3) is 5.09. The number of pyridine rings is 1. The first-order valence-corrected chi connectivity index (χ1v) is 15.0. The van der Waals surface area contributed by atoms with E-state index < -0.39 is 13.9 Å². The minimum absolute atomic E-state index is 0.230. The highest BCUT2D eigenvalue weighted by Crippen LogP contribution is 2.46. The van der Waals surface area contributed by atoms with Gasteiger partial charge in [-0.2, -0.15) is 5.10 Å². The van der Waals surface area contributed by atoms with Gasteiger partial charge in [-0.25, -0.2) is 9.07 Å². The molecular weight excluding hydrogens is 439 g/mol. The number of fused-ring (bicyclic) bond motifs is 1. The summed E-state index contributed by atoms with van der Waals surface area (Å²) in [6, 6.07) is 6.17. The molecule has 33 heavy (non-hydrogen) atoms. The SMILES string of the molecule is CNC(=O)c1nn(COCC[Si](C)(C)C)c2cc(-c3cc(F)c(OC)cc3C3CC3)ncc12. The third-order valence-electron chi connectivity index (χ3n) is 5.91. The summed E-state index contributed by atoms with van der Waals surface area (Å²) in [5.41, 5.74) is 3.43. The molecule has 0 atom stereocenters. The number of hydrogen-bond donors (Lipinski definition) is 1. The second-order valence-electron chi connectivity index (χ2n) is 9.71. The number of benzene rings is 1. The first-order valence-electron chi connectivity index (χ1n) is 11.3. The lowest BCUT2D eigenvalue weighted by atomic mass is 9.99. The average molecular weight is 471 g/mol. The van der Waals surface area contributed by atoms with Crippen LogP contribution in [0.1, 0.15) is 34.8 Å². The number of amides is 1. The number of nitrogens with one attached hydrogen (secondary N) is 1. The number of aromatic nitrogens is 3. The summed E-state index contributed by atoms with van der Waals surface area (Å²) in [7, 11) is 1.82. The van der Waals surface area contributed by atoms with E-state index in [1.165, 1.54) is 13.2 Å². The molecule has 0 spiro atoms. The maximum atomic E-state index is 14.6. The Labute approximate surface area is 194 Å². The van der Waals surface area contributed by atoms with E-state index in [1.54, 1.807) is 24.0 Å². The van der Waals surface area contributed by atoms with Crippen LogP contribution >= 0.6 is 0 Å². The fourth-order valence-corrected chi connectivity index (χ4v) is 4.57. The van der Waals surface area contributed by atoms with Crippen molar-refractivity contribution in [1.82, 2.24) is 20.1 Å². The predicted molar refractivity (Wildman–Crippen MR) is 129 cm³/mol. The quantitative estimate of drug-likeness (QED) is 0.359. The number of carbonyl (C=O) groups excluding carboxylic acids is 1. The molecule has 1 saturated carbocycles. The number of hydrogen-bond acceptors (Lipinski definition) is 5. The highest BCUT2D eigenvalue weighted by atomic mass is 28.3. The minimum Gasteiger partial charge on any atom is -0.494 e. The molecule has 0 aliphatic heterocycles. The second-order valence-corrected chi connectivity index (χ2v) is 15.3. The molecule has 1 aromatic carbocycles. The van der Waals surface area contributed by atoms with Crippen molar-refractivity contribution in [3.8, 4) is 17.0 Å². The number of carbonyl (C=O) groups is 1. The zero-order valence-corrected chi connectivity index (χ0v) is 20.9. The molecule has 3 aromatic rings. The first kappa shape index (κ1) is 23.4. The molecule has 1 aliphatic carbocycles. The zero-order chi connectivity index (χ0) is 23.8. The van der Waals surface area contributed by atoms with E-state index in [4.69, 9.17) is 9.47 Å². The van der Waals surface area contributed by atoms with Crippen LogP contribution in [0.5, 0.6) is 5.75 Å². The summed E-state index contributed by atoms with van der Waals surface area (Å²) in [5.74, 6) is -0.0923. The van der Waals surface area contributed by atoms with Crippen LogP contribution in [0.2, 0.25) is 25.7 Å². The van der Waals surface area contributed by atoms with Gasteiger partial charge in [0.25, 0.3) is 5.91 Å². The van der Waals surface area contributed by atoms with E-state index in [-0.39, 0.29) is 18.4 Å². The molecule has 7 nitrogen and oxygen atoms in total. The van der Waals surface area contributed by atoms with E-state index in [0.29, 0.717) is 29.3 Å². The molecule has 0 unspecified atom stereocenters. The minimum atomic E-state index is -1.22. The maximum absolute atomic E-state index is 14.6. The van der Waals surface area contributed by atoms with Crippen LogP contribution in [-0.4, -0.2) is 49.5 Å². The number of rotatable bonds is 9. The number of halogens is 1. The molecule has 176 valence electrons. The summed E-state index contributed by atoms with van der Waals surface area (Å²) in [6.45, 7) is 7.76. The van der Waals surface area contributed by atoms with Crippen LogP contribution in [0.15, 0.2) is 24.4 Å². The molecule has 2 heterocycles. The number of ether oxygens (including phenoxy) is 2. The van der Waals surface area contributed by atoms with Crippen LogP contribution in [-0.2, 0) is 11.5 Å². The van der Waals surface area contributed by atoms with Gasteiger partial charge in [0.15, 0.2) is 17.3 Å². The topological polar surface area (TPSA) is 78.3 Å². The van der Waals surface area contributed by atoms with Gasteiger partial charge in [-0.05, 0) is 48.6 Å². The Balaban J connectivity index is 1.74. The second kappa shape index (κ2) is 9.22. The normalized spacial score (nSPS) is 14.0. The molecule has 1 amide bonds. The lowest BCUT2D eigenvalue weighted by Crippen LogP contribution is -2.22. The van der Waals surface area contributed by atoms with Crippen LogP contribution < -0.4 is 10.1 Å². The van der Waals surface area contributed by atoms with Gasteiger partial charge in [0.05, 0.1) is 23.7 Å². The largest absolute Gasteiger partial charge is 0.494 e. The van der Waals surface area contributed by atoms with Crippen LogP contribution in [0.4, 0.5) is 4.39 Å². The lowest BCUT2D eigenvalue weighted by molar-refractivity contribution is 0.0805. The summed E-state index contributed by atoms with van der Waals surface area (Å²) in [4.78, 5) is 17.0. The molecule has 0 radical (unpaired) electrons. The lowest BCUT2D eigenvalue weighted by Gasteiger charge is -2.15. The van der Waals surface area contributed by atoms with Gasteiger partial charge in [0.2, 0.25) is 0 Å². The highest BCUT2D eigenvalue weighted by molar-refractivity contribution is 6.76. The van der Waals surface area contributed by atoms with Crippen molar-refractivity contribution in [1.29, 1.82) is 0 Å². The Morgan fingerprint density at radius 3 is 2.67 bits per heavy atom. The van der Waals surface area contributed by atoms with Crippen molar-refractivity contribution in [2.45, 2.75) is 51.2 Å². The monoisotopic (exact) mass is 470 g/mol. The van der Waals surface area contributed by atoms with Crippen molar-refractivity contribution in [2.24, 2.45) is 0 Å².